The number of hydrogen-bond donors (Lipinski definition) is 3. The summed E-state index contributed by atoms with van der Waals surface area (Å²) >= 11 is 1.89. The van der Waals surface area contributed by atoms with Crippen molar-refractivity contribution in [3.63, 3.8) is 0 Å². The van der Waals surface area contributed by atoms with Crippen molar-refractivity contribution < 1.29 is 0 Å². The number of aliphatic imine (C=N–C) groups is 1. The molecule has 0 unspecified atom stereocenters. The van der Waals surface area contributed by atoms with Crippen molar-refractivity contribution in [2.75, 3.05) is 13.1 Å². The summed E-state index contributed by atoms with van der Waals surface area (Å²) < 4.78 is 0.469. The maximum absolute atomic E-state index is 11.4. The summed E-state index contributed by atoms with van der Waals surface area (Å²) in [6.07, 6.45) is 0. The van der Waals surface area contributed by atoms with Gasteiger partial charge in [0.2, 0.25) is 0 Å². The number of nitrogens with one attached hydrogen (secondary N) is 2. The molecule has 0 bridgehead atoms. The monoisotopic (exact) mass is 332 g/mol. The fourth-order valence-corrected chi connectivity index (χ4v) is 1.92. The van der Waals surface area contributed by atoms with Gasteiger partial charge in [0.05, 0.1) is 22.4 Å². The lowest BCUT2D eigenvalue weighted by Gasteiger charge is -2.17. The first-order valence-corrected chi connectivity index (χ1v) is 5.71. The highest BCUT2D eigenvalue weighted by Crippen LogP contribution is 2.08. The summed E-state index contributed by atoms with van der Waals surface area (Å²) in [6.45, 7) is 1.75. The van der Waals surface area contributed by atoms with E-state index in [1.54, 1.807) is 0 Å². The third-order valence-electron chi connectivity index (χ3n) is 2.27. The van der Waals surface area contributed by atoms with Crippen LogP contribution in [0.5, 0.6) is 0 Å². The molecule has 0 saturated heterocycles. The highest BCUT2D eigenvalue weighted by atomic mass is 124. The molecular weight excluding hydrogens is 322 g/mol. The van der Waals surface area contributed by atoms with Gasteiger partial charge in [-0.3, -0.25) is 14.8 Å². The molecule has 0 fully saturated rings. The normalized spacial score (nSPS) is 15.3. The SMILES string of the molecule is NC1=NCCN1Cc1[nH]c(=O)[nH]c(=O)c1[124I]. The maximum Gasteiger partial charge on any atom is 0.326 e. The first-order valence-electron chi connectivity index (χ1n) is 4.64. The first kappa shape index (κ1) is 11.2. The lowest BCUT2D eigenvalue weighted by molar-refractivity contribution is 0.439. The standard InChI is InChI=1S/C8H10IN5O2/c9-5-4(12-8(16)13-6(5)15)3-14-2-1-11-7(14)10/h1-3H2,(H2,10,11)(H2,12,13,15,16)/i9-3. The summed E-state index contributed by atoms with van der Waals surface area (Å²) in [6, 6.07) is 0. The minimum atomic E-state index is -0.505. The summed E-state index contributed by atoms with van der Waals surface area (Å²) in [4.78, 5) is 33.1. The largest absolute Gasteiger partial charge is 0.370 e. The molecule has 2 rings (SSSR count). The second kappa shape index (κ2) is 4.28. The van der Waals surface area contributed by atoms with Crippen LogP contribution in [0.25, 0.3) is 0 Å². The molecule has 2 heterocycles. The van der Waals surface area contributed by atoms with Crippen LogP contribution in [-0.2, 0) is 6.54 Å². The van der Waals surface area contributed by atoms with E-state index in [4.69, 9.17) is 5.73 Å². The summed E-state index contributed by atoms with van der Waals surface area (Å²) in [7, 11) is 0. The van der Waals surface area contributed by atoms with Crippen LogP contribution in [0.3, 0.4) is 0 Å². The van der Waals surface area contributed by atoms with Crippen molar-refractivity contribution in [3.05, 3.63) is 30.1 Å². The van der Waals surface area contributed by atoms with Crippen molar-refractivity contribution in [1.29, 1.82) is 0 Å². The number of rotatable bonds is 2. The maximum atomic E-state index is 11.4. The molecule has 1 aliphatic rings. The van der Waals surface area contributed by atoms with Crippen LogP contribution < -0.4 is 17.0 Å². The quantitative estimate of drug-likeness (QED) is 0.591. The van der Waals surface area contributed by atoms with Gasteiger partial charge in [0.1, 0.15) is 0 Å². The van der Waals surface area contributed by atoms with Gasteiger partial charge in [0.25, 0.3) is 5.56 Å². The van der Waals surface area contributed by atoms with Crippen molar-refractivity contribution in [1.82, 2.24) is 14.9 Å². The molecule has 1 aliphatic heterocycles. The molecule has 1 aromatic heterocycles. The molecule has 7 nitrogen and oxygen atoms in total. The van der Waals surface area contributed by atoms with Crippen LogP contribution in [0.2, 0.25) is 0 Å². The Balaban J connectivity index is 2.31. The molecule has 0 atom stereocenters. The zero-order chi connectivity index (χ0) is 11.7. The van der Waals surface area contributed by atoms with Crippen molar-refractivity contribution in [2.45, 2.75) is 6.54 Å². The molecule has 0 aromatic carbocycles. The van der Waals surface area contributed by atoms with E-state index in [1.165, 1.54) is 0 Å². The van der Waals surface area contributed by atoms with Gasteiger partial charge in [-0.05, 0) is 22.6 Å². The Hall–Kier alpha value is -1.32. The molecule has 0 saturated carbocycles. The van der Waals surface area contributed by atoms with E-state index >= 15 is 0 Å². The minimum Gasteiger partial charge on any atom is -0.370 e. The van der Waals surface area contributed by atoms with Gasteiger partial charge in [-0.1, -0.05) is 0 Å². The molecule has 8 heteroatoms. The number of nitrogens with two attached hydrogens (primary N) is 1. The Kier molecular flexibility index (Phi) is 2.99. The highest BCUT2D eigenvalue weighted by Gasteiger charge is 2.16. The first-order chi connectivity index (χ1) is 7.58. The lowest BCUT2D eigenvalue weighted by atomic mass is 10.3. The second-order valence-electron chi connectivity index (χ2n) is 3.36. The van der Waals surface area contributed by atoms with Gasteiger partial charge in [-0.15, -0.1) is 0 Å². The van der Waals surface area contributed by atoms with Crippen LogP contribution in [-0.4, -0.2) is 33.9 Å². The van der Waals surface area contributed by atoms with Crippen molar-refractivity contribution in [3.8, 4) is 0 Å². The molecule has 0 radical (unpaired) electrons. The molecule has 1 aromatic rings. The number of H-pyrrole nitrogens is 2. The summed E-state index contributed by atoms with van der Waals surface area (Å²) in [5, 5.41) is 0. The van der Waals surface area contributed by atoms with Crippen LogP contribution in [0, 0.1) is 3.57 Å². The van der Waals surface area contributed by atoms with E-state index in [-0.39, 0.29) is 5.56 Å². The van der Waals surface area contributed by atoms with Crippen LogP contribution >= 0.6 is 22.6 Å². The van der Waals surface area contributed by atoms with Crippen molar-refractivity contribution >= 4 is 28.6 Å². The molecular formula is C8H10IN5O2. The van der Waals surface area contributed by atoms with Crippen molar-refractivity contribution in [2.24, 2.45) is 10.7 Å². The minimum absolute atomic E-state index is 0.381. The molecule has 0 spiro atoms. The van der Waals surface area contributed by atoms with E-state index in [2.05, 4.69) is 15.0 Å². The number of aromatic amines is 2. The molecule has 16 heavy (non-hydrogen) atoms. The van der Waals surface area contributed by atoms with Gasteiger partial charge in [0, 0.05) is 6.54 Å². The number of hydrogen-bond acceptors (Lipinski definition) is 5. The fraction of sp³-hybridized carbons (Fsp3) is 0.375. The highest BCUT2D eigenvalue weighted by molar-refractivity contribution is 14.1. The summed E-state index contributed by atoms with van der Waals surface area (Å²) in [5.41, 5.74) is 5.33. The third kappa shape index (κ3) is 2.10. The third-order valence-corrected chi connectivity index (χ3v) is 3.41. The number of halogens is 1. The van der Waals surface area contributed by atoms with Crippen LogP contribution in [0.15, 0.2) is 14.6 Å². The number of guanidine groups is 1. The molecule has 0 amide bonds. The van der Waals surface area contributed by atoms with Gasteiger partial charge < -0.3 is 15.6 Å². The number of aromatic nitrogens is 2. The van der Waals surface area contributed by atoms with Crippen LogP contribution in [0.4, 0.5) is 0 Å². The Bertz CT molecular complexity index is 546. The van der Waals surface area contributed by atoms with Gasteiger partial charge >= 0.3 is 5.69 Å². The van der Waals surface area contributed by atoms with Gasteiger partial charge in [-0.2, -0.15) is 0 Å². The van der Waals surface area contributed by atoms with E-state index in [0.717, 1.165) is 0 Å². The molecule has 0 aliphatic carbocycles. The molecule has 86 valence electrons. The Morgan fingerprint density at radius 2 is 2.19 bits per heavy atom. The Morgan fingerprint density at radius 1 is 1.44 bits per heavy atom. The van der Waals surface area contributed by atoms with E-state index in [9.17, 15) is 9.59 Å². The zero-order valence-electron chi connectivity index (χ0n) is 8.29. The smallest absolute Gasteiger partial charge is 0.326 e. The Morgan fingerprint density at radius 3 is 2.81 bits per heavy atom. The van der Waals surface area contributed by atoms with Gasteiger partial charge in [0.15, 0.2) is 5.96 Å². The summed E-state index contributed by atoms with van der Waals surface area (Å²) in [5.74, 6) is 0.442. The lowest BCUT2D eigenvalue weighted by Crippen LogP contribution is -2.36. The van der Waals surface area contributed by atoms with Crippen LogP contribution in [0.1, 0.15) is 5.69 Å². The average molecular weight is 332 g/mol. The fourth-order valence-electron chi connectivity index (χ4n) is 1.48. The predicted molar refractivity (Wildman–Crippen MR) is 67.3 cm³/mol. The second-order valence-corrected chi connectivity index (χ2v) is 4.44. The topological polar surface area (TPSA) is 107 Å². The molecule has 4 N–H and O–H groups in total. The predicted octanol–water partition coefficient (Wildman–Crippen LogP) is -1.20. The van der Waals surface area contributed by atoms with E-state index in [1.807, 2.05) is 27.5 Å². The van der Waals surface area contributed by atoms with Gasteiger partial charge in [-0.25, -0.2) is 4.79 Å². The Labute approximate surface area is 104 Å². The average Bonchev–Trinajstić information content (AvgIpc) is 2.60. The zero-order valence-corrected chi connectivity index (χ0v) is 10.4. The van der Waals surface area contributed by atoms with E-state index < -0.39 is 5.69 Å². The number of nitrogens with zero attached hydrogens (tertiary/aromatic N) is 2. The van der Waals surface area contributed by atoms with E-state index in [0.29, 0.717) is 34.9 Å².